The van der Waals surface area contributed by atoms with Gasteiger partial charge in [-0.15, -0.1) is 0 Å². The zero-order valence-electron chi connectivity index (χ0n) is 11.3. The van der Waals surface area contributed by atoms with Gasteiger partial charge in [0.15, 0.2) is 0 Å². The third kappa shape index (κ3) is 5.26. The van der Waals surface area contributed by atoms with E-state index in [-0.39, 0.29) is 5.56 Å². The average molecular weight is 398 g/mol. The Hall–Kier alpha value is -1.76. The van der Waals surface area contributed by atoms with Gasteiger partial charge in [-0.25, -0.2) is 4.79 Å². The van der Waals surface area contributed by atoms with Crippen LogP contribution in [0.15, 0.2) is 48.5 Å². The fourth-order valence-corrected chi connectivity index (χ4v) is 2.20. The Morgan fingerprint density at radius 2 is 1.67 bits per heavy atom. The van der Waals surface area contributed by atoms with Crippen LogP contribution in [0.3, 0.4) is 0 Å². The monoisotopic (exact) mass is 398 g/mol. The van der Waals surface area contributed by atoms with Crippen LogP contribution in [0.4, 0.5) is 0 Å². The van der Waals surface area contributed by atoms with Crippen molar-refractivity contribution in [3.05, 3.63) is 57.7 Å². The lowest BCUT2D eigenvalue weighted by molar-refractivity contribution is 0.0697. The highest BCUT2D eigenvalue weighted by Crippen LogP contribution is 2.15. The van der Waals surface area contributed by atoms with Crippen LogP contribution < -0.4 is 9.47 Å². The highest BCUT2D eigenvalue weighted by Gasteiger charge is 2.02. The number of carboxylic acids is 1. The number of ether oxygens (including phenoxy) is 2. The summed E-state index contributed by atoms with van der Waals surface area (Å²) < 4.78 is 12.3. The molecular weight excluding hydrogens is 383 g/mol. The Morgan fingerprint density at radius 3 is 2.29 bits per heavy atom. The maximum absolute atomic E-state index is 10.7. The molecule has 5 heteroatoms. The predicted octanol–water partition coefficient (Wildman–Crippen LogP) is 3.84. The highest BCUT2D eigenvalue weighted by molar-refractivity contribution is 14.1. The fourth-order valence-electron chi connectivity index (χ4n) is 1.69. The van der Waals surface area contributed by atoms with Crippen molar-refractivity contribution in [2.45, 2.75) is 6.42 Å². The van der Waals surface area contributed by atoms with Crippen molar-refractivity contribution in [3.8, 4) is 11.5 Å². The SMILES string of the molecule is O=C(O)c1ccc(OCCCOc2cccc(I)c2)cc1. The van der Waals surface area contributed by atoms with E-state index in [9.17, 15) is 4.79 Å². The van der Waals surface area contributed by atoms with Crippen LogP contribution in [-0.4, -0.2) is 24.3 Å². The van der Waals surface area contributed by atoms with Crippen LogP contribution in [0.25, 0.3) is 0 Å². The van der Waals surface area contributed by atoms with E-state index in [1.54, 1.807) is 12.1 Å². The number of benzene rings is 2. The van der Waals surface area contributed by atoms with E-state index in [2.05, 4.69) is 22.6 Å². The summed E-state index contributed by atoms with van der Waals surface area (Å²) in [6, 6.07) is 14.2. The first-order chi connectivity index (χ1) is 10.1. The minimum absolute atomic E-state index is 0.254. The molecule has 1 N–H and O–H groups in total. The molecule has 0 radical (unpaired) electrons. The van der Waals surface area contributed by atoms with E-state index in [4.69, 9.17) is 14.6 Å². The molecule has 0 heterocycles. The Labute approximate surface area is 136 Å². The number of aromatic carboxylic acids is 1. The van der Waals surface area contributed by atoms with Crippen LogP contribution in [0.1, 0.15) is 16.8 Å². The summed E-state index contributed by atoms with van der Waals surface area (Å²) >= 11 is 2.24. The number of hydrogen-bond acceptors (Lipinski definition) is 3. The van der Waals surface area contributed by atoms with E-state index in [0.29, 0.717) is 19.0 Å². The second-order valence-electron chi connectivity index (χ2n) is 4.34. The first kappa shape index (κ1) is 15.6. The van der Waals surface area contributed by atoms with Crippen LogP contribution in [-0.2, 0) is 0 Å². The van der Waals surface area contributed by atoms with Crippen LogP contribution in [0, 0.1) is 3.57 Å². The largest absolute Gasteiger partial charge is 0.493 e. The summed E-state index contributed by atoms with van der Waals surface area (Å²) in [5.74, 6) is 0.578. The van der Waals surface area contributed by atoms with Crippen molar-refractivity contribution in [2.24, 2.45) is 0 Å². The lowest BCUT2D eigenvalue weighted by atomic mass is 10.2. The Balaban J connectivity index is 1.69. The standard InChI is InChI=1S/C16H15IO4/c17-13-3-1-4-15(11-13)21-10-2-9-20-14-7-5-12(6-8-14)16(18)19/h1,3-8,11H,2,9-10H2,(H,18,19). The molecule has 4 nitrogen and oxygen atoms in total. The van der Waals surface area contributed by atoms with Crippen LogP contribution in [0.5, 0.6) is 11.5 Å². The first-order valence-electron chi connectivity index (χ1n) is 6.50. The van der Waals surface area contributed by atoms with E-state index in [1.165, 1.54) is 12.1 Å². The van der Waals surface area contributed by atoms with E-state index in [0.717, 1.165) is 15.7 Å². The van der Waals surface area contributed by atoms with Gasteiger partial charge in [-0.1, -0.05) is 6.07 Å². The molecule has 0 atom stereocenters. The van der Waals surface area contributed by atoms with Crippen molar-refractivity contribution in [1.82, 2.24) is 0 Å². The third-order valence-electron chi connectivity index (χ3n) is 2.72. The minimum atomic E-state index is -0.938. The summed E-state index contributed by atoms with van der Waals surface area (Å²) in [5, 5.41) is 8.79. The Morgan fingerprint density at radius 1 is 1.00 bits per heavy atom. The van der Waals surface area contributed by atoms with E-state index < -0.39 is 5.97 Å². The van der Waals surface area contributed by atoms with Crippen molar-refractivity contribution in [1.29, 1.82) is 0 Å². The zero-order valence-corrected chi connectivity index (χ0v) is 13.4. The topological polar surface area (TPSA) is 55.8 Å². The smallest absolute Gasteiger partial charge is 0.335 e. The second kappa shape index (κ2) is 7.87. The molecule has 0 unspecified atom stereocenters. The number of carbonyl (C=O) groups is 1. The van der Waals surface area contributed by atoms with Gasteiger partial charge in [-0.3, -0.25) is 0 Å². The number of hydrogen-bond donors (Lipinski definition) is 1. The molecule has 0 amide bonds. The predicted molar refractivity (Wildman–Crippen MR) is 88.2 cm³/mol. The van der Waals surface area contributed by atoms with Gasteiger partial charge in [0.2, 0.25) is 0 Å². The van der Waals surface area contributed by atoms with Crippen molar-refractivity contribution < 1.29 is 19.4 Å². The molecule has 110 valence electrons. The zero-order chi connectivity index (χ0) is 15.1. The van der Waals surface area contributed by atoms with Crippen molar-refractivity contribution >= 4 is 28.6 Å². The molecule has 0 saturated heterocycles. The van der Waals surface area contributed by atoms with Gasteiger partial charge in [0.25, 0.3) is 0 Å². The van der Waals surface area contributed by atoms with E-state index >= 15 is 0 Å². The lowest BCUT2D eigenvalue weighted by Crippen LogP contribution is -2.05. The molecular formula is C16H15IO4. The molecule has 0 spiro atoms. The minimum Gasteiger partial charge on any atom is -0.493 e. The molecule has 0 aliphatic carbocycles. The second-order valence-corrected chi connectivity index (χ2v) is 5.58. The van der Waals surface area contributed by atoms with E-state index in [1.807, 2.05) is 24.3 Å². The molecule has 0 fully saturated rings. The maximum Gasteiger partial charge on any atom is 0.335 e. The molecule has 2 rings (SSSR count). The summed E-state index contributed by atoms with van der Waals surface area (Å²) in [5.41, 5.74) is 0.254. The van der Waals surface area contributed by atoms with Gasteiger partial charge >= 0.3 is 5.97 Å². The molecule has 0 aromatic heterocycles. The summed E-state index contributed by atoms with van der Waals surface area (Å²) in [4.78, 5) is 10.7. The van der Waals surface area contributed by atoms with Crippen molar-refractivity contribution in [3.63, 3.8) is 0 Å². The lowest BCUT2D eigenvalue weighted by Gasteiger charge is -2.08. The average Bonchev–Trinajstić information content (AvgIpc) is 2.47. The number of carboxylic acid groups (broad SMARTS) is 1. The molecule has 0 saturated carbocycles. The number of rotatable bonds is 7. The Bertz CT molecular complexity index is 595. The molecule has 21 heavy (non-hydrogen) atoms. The molecule has 2 aromatic rings. The highest BCUT2D eigenvalue weighted by atomic mass is 127. The van der Waals surface area contributed by atoms with Gasteiger partial charge in [-0.2, -0.15) is 0 Å². The molecule has 2 aromatic carbocycles. The quantitative estimate of drug-likeness (QED) is 0.569. The van der Waals surface area contributed by atoms with Gasteiger partial charge in [0, 0.05) is 9.99 Å². The fraction of sp³-hybridized carbons (Fsp3) is 0.188. The molecule has 0 aliphatic heterocycles. The van der Waals surface area contributed by atoms with Gasteiger partial charge in [0.1, 0.15) is 11.5 Å². The normalized spacial score (nSPS) is 10.1. The van der Waals surface area contributed by atoms with Crippen LogP contribution in [0.2, 0.25) is 0 Å². The van der Waals surface area contributed by atoms with Crippen molar-refractivity contribution in [2.75, 3.05) is 13.2 Å². The first-order valence-corrected chi connectivity index (χ1v) is 7.57. The third-order valence-corrected chi connectivity index (χ3v) is 3.39. The van der Waals surface area contributed by atoms with Gasteiger partial charge < -0.3 is 14.6 Å². The van der Waals surface area contributed by atoms with Gasteiger partial charge in [-0.05, 0) is 65.1 Å². The number of halogens is 1. The summed E-state index contributed by atoms with van der Waals surface area (Å²) in [7, 11) is 0. The molecule has 0 aliphatic rings. The summed E-state index contributed by atoms with van der Waals surface area (Å²) in [6.45, 7) is 1.10. The molecule has 0 bridgehead atoms. The van der Waals surface area contributed by atoms with Gasteiger partial charge in [0.05, 0.1) is 18.8 Å². The Kier molecular flexibility index (Phi) is 5.86. The summed E-state index contributed by atoms with van der Waals surface area (Å²) in [6.07, 6.45) is 0.756. The maximum atomic E-state index is 10.7. The van der Waals surface area contributed by atoms with Crippen LogP contribution >= 0.6 is 22.6 Å².